The van der Waals surface area contributed by atoms with Crippen molar-refractivity contribution in [2.24, 2.45) is 0 Å². The van der Waals surface area contributed by atoms with Crippen LogP contribution in [0.3, 0.4) is 0 Å². The molecular formula is C17H17N3O. The molecule has 0 aliphatic heterocycles. The number of furan rings is 1. The lowest BCUT2D eigenvalue weighted by Crippen LogP contribution is -2.04. The van der Waals surface area contributed by atoms with Crippen LogP contribution in [0.15, 0.2) is 59.4 Å². The maximum Gasteiger partial charge on any atom is 0.162 e. The van der Waals surface area contributed by atoms with E-state index in [1.807, 2.05) is 42.5 Å². The van der Waals surface area contributed by atoms with E-state index in [0.717, 1.165) is 35.6 Å². The van der Waals surface area contributed by atoms with Gasteiger partial charge in [-0.1, -0.05) is 37.3 Å². The fourth-order valence-electron chi connectivity index (χ4n) is 2.07. The normalized spacial score (nSPS) is 10.5. The van der Waals surface area contributed by atoms with Crippen LogP contribution in [0.4, 0.5) is 5.82 Å². The Balaban J connectivity index is 2.05. The summed E-state index contributed by atoms with van der Waals surface area (Å²) in [6.45, 7) is 3.01. The maximum absolute atomic E-state index is 5.15. The van der Waals surface area contributed by atoms with E-state index >= 15 is 0 Å². The fourth-order valence-corrected chi connectivity index (χ4v) is 2.07. The van der Waals surface area contributed by atoms with Crippen LogP contribution in [0, 0.1) is 0 Å². The number of aromatic nitrogens is 2. The third-order valence-electron chi connectivity index (χ3n) is 3.13. The molecule has 0 amide bonds. The van der Waals surface area contributed by atoms with Crippen molar-refractivity contribution in [2.75, 3.05) is 11.9 Å². The molecule has 0 fully saturated rings. The summed E-state index contributed by atoms with van der Waals surface area (Å²) in [5, 5.41) is 3.33. The Kier molecular flexibility index (Phi) is 3.96. The van der Waals surface area contributed by atoms with Crippen LogP contribution in [0.1, 0.15) is 13.3 Å². The molecule has 2 aromatic heterocycles. The largest absolute Gasteiger partial charge is 0.472 e. The van der Waals surface area contributed by atoms with Crippen LogP contribution in [0.25, 0.3) is 22.6 Å². The van der Waals surface area contributed by atoms with Gasteiger partial charge >= 0.3 is 0 Å². The Morgan fingerprint density at radius 1 is 1.05 bits per heavy atom. The topological polar surface area (TPSA) is 51.0 Å². The van der Waals surface area contributed by atoms with Crippen molar-refractivity contribution >= 4 is 5.82 Å². The van der Waals surface area contributed by atoms with Crippen molar-refractivity contribution in [1.82, 2.24) is 9.97 Å². The molecule has 0 saturated heterocycles. The Morgan fingerprint density at radius 3 is 2.62 bits per heavy atom. The monoisotopic (exact) mass is 279 g/mol. The van der Waals surface area contributed by atoms with Gasteiger partial charge in [-0.25, -0.2) is 9.97 Å². The maximum atomic E-state index is 5.15. The van der Waals surface area contributed by atoms with E-state index in [9.17, 15) is 0 Å². The summed E-state index contributed by atoms with van der Waals surface area (Å²) in [4.78, 5) is 9.24. The van der Waals surface area contributed by atoms with E-state index in [4.69, 9.17) is 4.42 Å². The molecular weight excluding hydrogens is 262 g/mol. The van der Waals surface area contributed by atoms with E-state index in [2.05, 4.69) is 22.2 Å². The van der Waals surface area contributed by atoms with Gasteiger partial charge in [0.05, 0.1) is 18.2 Å². The van der Waals surface area contributed by atoms with Gasteiger partial charge in [0.1, 0.15) is 5.82 Å². The third-order valence-corrected chi connectivity index (χ3v) is 3.13. The standard InChI is InChI=1S/C17H17N3O/c1-2-9-18-16-11-15(14-8-10-21-12-14)19-17(20-16)13-6-4-3-5-7-13/h3-8,10-12H,2,9H2,1H3,(H,18,19,20). The Labute approximate surface area is 123 Å². The van der Waals surface area contributed by atoms with Crippen molar-refractivity contribution in [2.45, 2.75) is 13.3 Å². The zero-order valence-corrected chi connectivity index (χ0v) is 11.9. The lowest BCUT2D eigenvalue weighted by molar-refractivity contribution is 0.568. The second-order valence-corrected chi connectivity index (χ2v) is 4.77. The molecule has 2 heterocycles. The molecule has 1 aromatic carbocycles. The molecule has 4 heteroatoms. The minimum Gasteiger partial charge on any atom is -0.472 e. The number of nitrogens with one attached hydrogen (secondary N) is 1. The van der Waals surface area contributed by atoms with E-state index in [-0.39, 0.29) is 0 Å². The summed E-state index contributed by atoms with van der Waals surface area (Å²) >= 11 is 0. The van der Waals surface area contributed by atoms with Crippen LogP contribution in [0.5, 0.6) is 0 Å². The molecule has 0 aliphatic rings. The van der Waals surface area contributed by atoms with Gasteiger partial charge in [0.15, 0.2) is 5.82 Å². The highest BCUT2D eigenvalue weighted by Crippen LogP contribution is 2.24. The third kappa shape index (κ3) is 3.11. The van der Waals surface area contributed by atoms with E-state index in [1.165, 1.54) is 0 Å². The lowest BCUT2D eigenvalue weighted by Gasteiger charge is -2.09. The van der Waals surface area contributed by atoms with Gasteiger partial charge in [-0.15, -0.1) is 0 Å². The zero-order chi connectivity index (χ0) is 14.5. The quantitative estimate of drug-likeness (QED) is 0.759. The Hall–Kier alpha value is -2.62. The number of hydrogen-bond acceptors (Lipinski definition) is 4. The molecule has 21 heavy (non-hydrogen) atoms. The lowest BCUT2D eigenvalue weighted by atomic mass is 10.2. The highest BCUT2D eigenvalue weighted by molar-refractivity contribution is 5.66. The van der Waals surface area contributed by atoms with Gasteiger partial charge in [-0.2, -0.15) is 0 Å². The van der Waals surface area contributed by atoms with E-state index in [1.54, 1.807) is 12.5 Å². The molecule has 106 valence electrons. The summed E-state index contributed by atoms with van der Waals surface area (Å²) < 4.78 is 5.15. The number of rotatable bonds is 5. The van der Waals surface area contributed by atoms with Gasteiger partial charge in [-0.05, 0) is 12.5 Å². The van der Waals surface area contributed by atoms with Crippen molar-refractivity contribution in [1.29, 1.82) is 0 Å². The molecule has 0 unspecified atom stereocenters. The molecule has 0 bridgehead atoms. The predicted molar refractivity (Wildman–Crippen MR) is 84.0 cm³/mol. The minimum atomic E-state index is 0.716. The molecule has 0 radical (unpaired) electrons. The number of anilines is 1. The van der Waals surface area contributed by atoms with Gasteiger partial charge in [0, 0.05) is 23.7 Å². The summed E-state index contributed by atoms with van der Waals surface area (Å²) in [6.07, 6.45) is 4.39. The highest BCUT2D eigenvalue weighted by Gasteiger charge is 2.09. The molecule has 1 N–H and O–H groups in total. The summed E-state index contributed by atoms with van der Waals surface area (Å²) in [7, 11) is 0. The second kappa shape index (κ2) is 6.22. The SMILES string of the molecule is CCCNc1cc(-c2ccoc2)nc(-c2ccccc2)n1. The van der Waals surface area contributed by atoms with Crippen molar-refractivity contribution in [3.63, 3.8) is 0 Å². The first kappa shape index (κ1) is 13.4. The van der Waals surface area contributed by atoms with Crippen LogP contribution in [-0.2, 0) is 0 Å². The molecule has 3 rings (SSSR count). The van der Waals surface area contributed by atoms with Crippen LogP contribution >= 0.6 is 0 Å². The summed E-state index contributed by atoms with van der Waals surface area (Å²) in [5.74, 6) is 1.55. The number of nitrogens with zero attached hydrogens (tertiary/aromatic N) is 2. The van der Waals surface area contributed by atoms with Gasteiger partial charge < -0.3 is 9.73 Å². The number of hydrogen-bond donors (Lipinski definition) is 1. The molecule has 0 spiro atoms. The van der Waals surface area contributed by atoms with Crippen LogP contribution in [0.2, 0.25) is 0 Å². The average molecular weight is 279 g/mol. The molecule has 4 nitrogen and oxygen atoms in total. The van der Waals surface area contributed by atoms with Gasteiger partial charge in [0.25, 0.3) is 0 Å². The smallest absolute Gasteiger partial charge is 0.162 e. The first-order chi connectivity index (χ1) is 10.4. The van der Waals surface area contributed by atoms with Crippen molar-refractivity contribution < 1.29 is 4.42 Å². The van der Waals surface area contributed by atoms with Crippen LogP contribution in [-0.4, -0.2) is 16.5 Å². The molecule has 0 aliphatic carbocycles. The van der Waals surface area contributed by atoms with Crippen molar-refractivity contribution in [3.8, 4) is 22.6 Å². The molecule has 0 atom stereocenters. The average Bonchev–Trinajstić information content (AvgIpc) is 3.08. The Bertz CT molecular complexity index is 693. The summed E-state index contributed by atoms with van der Waals surface area (Å²) in [6, 6.07) is 13.8. The van der Waals surface area contributed by atoms with Gasteiger partial charge in [0.2, 0.25) is 0 Å². The van der Waals surface area contributed by atoms with Crippen LogP contribution < -0.4 is 5.32 Å². The first-order valence-electron chi connectivity index (χ1n) is 7.08. The molecule has 3 aromatic rings. The molecule has 0 saturated carbocycles. The second-order valence-electron chi connectivity index (χ2n) is 4.77. The first-order valence-corrected chi connectivity index (χ1v) is 7.08. The van der Waals surface area contributed by atoms with Gasteiger partial charge in [-0.3, -0.25) is 0 Å². The highest BCUT2D eigenvalue weighted by atomic mass is 16.3. The minimum absolute atomic E-state index is 0.716. The Morgan fingerprint density at radius 2 is 1.90 bits per heavy atom. The zero-order valence-electron chi connectivity index (χ0n) is 11.9. The predicted octanol–water partition coefficient (Wildman–Crippen LogP) is 4.23. The summed E-state index contributed by atoms with van der Waals surface area (Å²) in [5.41, 5.74) is 2.81. The number of benzene rings is 1. The fraction of sp³-hybridized carbons (Fsp3) is 0.176. The van der Waals surface area contributed by atoms with E-state index < -0.39 is 0 Å². The van der Waals surface area contributed by atoms with E-state index in [0.29, 0.717) is 5.82 Å². The van der Waals surface area contributed by atoms with Crippen molar-refractivity contribution in [3.05, 3.63) is 55.0 Å².